The molecule has 4 aromatic rings. The quantitative estimate of drug-likeness (QED) is 0.498. The second-order valence-corrected chi connectivity index (χ2v) is 7.79. The zero-order valence-electron chi connectivity index (χ0n) is 17.8. The largest absolute Gasteiger partial charge is 0.497 e. The van der Waals surface area contributed by atoms with Gasteiger partial charge in [-0.25, -0.2) is 4.98 Å². The molecular formula is C25H25N5O. The topological polar surface area (TPSA) is 54.4 Å². The number of ether oxygens (including phenoxy) is 1. The van der Waals surface area contributed by atoms with Crippen molar-refractivity contribution in [1.29, 1.82) is 0 Å². The van der Waals surface area contributed by atoms with E-state index >= 15 is 0 Å². The van der Waals surface area contributed by atoms with Gasteiger partial charge in [-0.15, -0.1) is 10.2 Å². The van der Waals surface area contributed by atoms with Crippen LogP contribution in [0.3, 0.4) is 0 Å². The summed E-state index contributed by atoms with van der Waals surface area (Å²) in [5, 5.41) is 10.1. The molecule has 2 aromatic carbocycles. The molecule has 156 valence electrons. The summed E-state index contributed by atoms with van der Waals surface area (Å²) in [4.78, 5) is 9.53. The van der Waals surface area contributed by atoms with E-state index < -0.39 is 0 Å². The van der Waals surface area contributed by atoms with Crippen molar-refractivity contribution in [1.82, 2.24) is 15.2 Å². The molecule has 6 heteroatoms. The second-order valence-electron chi connectivity index (χ2n) is 7.79. The third-order valence-corrected chi connectivity index (χ3v) is 5.87. The van der Waals surface area contributed by atoms with Crippen molar-refractivity contribution < 1.29 is 4.74 Å². The Kier molecular flexibility index (Phi) is 5.12. The summed E-state index contributed by atoms with van der Waals surface area (Å²) >= 11 is 0. The Balaban J connectivity index is 1.27. The van der Waals surface area contributed by atoms with Crippen LogP contribution in [0, 0.1) is 6.92 Å². The molecule has 0 unspecified atom stereocenters. The van der Waals surface area contributed by atoms with Crippen LogP contribution in [0.5, 0.6) is 5.75 Å². The fourth-order valence-electron chi connectivity index (χ4n) is 4.07. The van der Waals surface area contributed by atoms with Crippen molar-refractivity contribution in [2.24, 2.45) is 0 Å². The van der Waals surface area contributed by atoms with Crippen LogP contribution in [-0.4, -0.2) is 48.5 Å². The monoisotopic (exact) mass is 411 g/mol. The van der Waals surface area contributed by atoms with Gasteiger partial charge in [0, 0.05) is 37.1 Å². The van der Waals surface area contributed by atoms with Gasteiger partial charge >= 0.3 is 0 Å². The van der Waals surface area contributed by atoms with E-state index in [0.29, 0.717) is 0 Å². The number of para-hydroxylation sites is 1. The van der Waals surface area contributed by atoms with Gasteiger partial charge in [0.25, 0.3) is 0 Å². The molecule has 2 aromatic heterocycles. The first-order chi connectivity index (χ1) is 15.2. The van der Waals surface area contributed by atoms with Crippen LogP contribution in [0.25, 0.3) is 22.2 Å². The molecular weight excluding hydrogens is 386 g/mol. The van der Waals surface area contributed by atoms with Crippen molar-refractivity contribution in [3.63, 3.8) is 0 Å². The summed E-state index contributed by atoms with van der Waals surface area (Å²) in [5.74, 6) is 2.80. The fourth-order valence-corrected chi connectivity index (χ4v) is 4.07. The van der Waals surface area contributed by atoms with Gasteiger partial charge in [0.05, 0.1) is 18.3 Å². The van der Waals surface area contributed by atoms with Crippen LogP contribution in [0.2, 0.25) is 0 Å². The Bertz CT molecular complexity index is 1180. The highest BCUT2D eigenvalue weighted by atomic mass is 16.5. The SMILES string of the molecule is COc1ccc(-c2ccc(N3CCN(c4cc(C)c5ccccc5n4)CC3)nn2)cc1. The number of benzene rings is 2. The van der Waals surface area contributed by atoms with Crippen molar-refractivity contribution in [2.75, 3.05) is 43.1 Å². The Hall–Kier alpha value is -3.67. The number of aryl methyl sites for hydroxylation is 1. The minimum absolute atomic E-state index is 0.835. The Labute approximate surface area is 182 Å². The molecule has 31 heavy (non-hydrogen) atoms. The van der Waals surface area contributed by atoms with Crippen LogP contribution in [0.1, 0.15) is 5.56 Å². The maximum atomic E-state index is 5.22. The fraction of sp³-hybridized carbons (Fsp3) is 0.240. The number of hydrogen-bond donors (Lipinski definition) is 0. The van der Waals surface area contributed by atoms with Crippen LogP contribution in [-0.2, 0) is 0 Å². The molecule has 0 amide bonds. The maximum absolute atomic E-state index is 5.22. The first kappa shape index (κ1) is 19.3. The van der Waals surface area contributed by atoms with Gasteiger partial charge in [0.15, 0.2) is 5.82 Å². The number of methoxy groups -OCH3 is 1. The van der Waals surface area contributed by atoms with E-state index in [9.17, 15) is 0 Å². The van der Waals surface area contributed by atoms with Gasteiger partial charge in [-0.05, 0) is 61.0 Å². The van der Waals surface area contributed by atoms with Gasteiger partial charge < -0.3 is 14.5 Å². The molecule has 3 heterocycles. The molecule has 0 spiro atoms. The maximum Gasteiger partial charge on any atom is 0.151 e. The molecule has 0 saturated carbocycles. The number of rotatable bonds is 4. The van der Waals surface area contributed by atoms with Crippen LogP contribution in [0.15, 0.2) is 66.7 Å². The number of fused-ring (bicyclic) bond motifs is 1. The molecule has 0 N–H and O–H groups in total. The summed E-state index contributed by atoms with van der Waals surface area (Å²) < 4.78 is 5.22. The molecule has 0 atom stereocenters. The van der Waals surface area contributed by atoms with Crippen molar-refractivity contribution in [2.45, 2.75) is 6.92 Å². The summed E-state index contributed by atoms with van der Waals surface area (Å²) in [5.41, 5.74) is 4.21. The normalized spacial score (nSPS) is 14.1. The van der Waals surface area contributed by atoms with Gasteiger partial charge in [0.2, 0.25) is 0 Å². The van der Waals surface area contributed by atoms with E-state index in [2.05, 4.69) is 57.3 Å². The number of nitrogens with zero attached hydrogens (tertiary/aromatic N) is 5. The average Bonchev–Trinajstić information content (AvgIpc) is 2.84. The Morgan fingerprint density at radius 1 is 0.774 bits per heavy atom. The zero-order valence-corrected chi connectivity index (χ0v) is 17.8. The molecule has 5 rings (SSSR count). The summed E-state index contributed by atoms with van der Waals surface area (Å²) in [6, 6.07) is 22.5. The van der Waals surface area contributed by atoms with Crippen molar-refractivity contribution in [3.8, 4) is 17.0 Å². The number of anilines is 2. The molecule has 1 aliphatic rings. The molecule has 0 bridgehead atoms. The van der Waals surface area contributed by atoms with Gasteiger partial charge in [-0.2, -0.15) is 0 Å². The molecule has 0 radical (unpaired) electrons. The zero-order chi connectivity index (χ0) is 21.2. The lowest BCUT2D eigenvalue weighted by Gasteiger charge is -2.36. The van der Waals surface area contributed by atoms with E-state index in [1.165, 1.54) is 10.9 Å². The number of hydrogen-bond acceptors (Lipinski definition) is 6. The molecule has 6 nitrogen and oxygen atoms in total. The first-order valence-electron chi connectivity index (χ1n) is 10.6. The predicted molar refractivity (Wildman–Crippen MR) is 125 cm³/mol. The Morgan fingerprint density at radius 2 is 1.48 bits per heavy atom. The lowest BCUT2D eigenvalue weighted by molar-refractivity contribution is 0.415. The van der Waals surface area contributed by atoms with Crippen molar-refractivity contribution >= 4 is 22.5 Å². The minimum Gasteiger partial charge on any atom is -0.497 e. The molecule has 1 fully saturated rings. The van der Waals surface area contributed by atoms with Gasteiger partial charge in [0.1, 0.15) is 11.6 Å². The van der Waals surface area contributed by atoms with E-state index in [1.54, 1.807) is 7.11 Å². The smallest absolute Gasteiger partial charge is 0.151 e. The number of pyridine rings is 1. The van der Waals surface area contributed by atoms with E-state index in [1.807, 2.05) is 36.4 Å². The lowest BCUT2D eigenvalue weighted by Crippen LogP contribution is -2.47. The highest BCUT2D eigenvalue weighted by Crippen LogP contribution is 2.25. The third-order valence-electron chi connectivity index (χ3n) is 5.87. The second kappa shape index (κ2) is 8.22. The lowest BCUT2D eigenvalue weighted by atomic mass is 10.1. The Morgan fingerprint density at radius 3 is 2.16 bits per heavy atom. The summed E-state index contributed by atoms with van der Waals surface area (Å²) in [7, 11) is 1.67. The molecule has 1 saturated heterocycles. The molecule has 1 aliphatic heterocycles. The van der Waals surface area contributed by atoms with Crippen LogP contribution < -0.4 is 14.5 Å². The highest BCUT2D eigenvalue weighted by Gasteiger charge is 2.20. The summed E-state index contributed by atoms with van der Waals surface area (Å²) in [6.07, 6.45) is 0. The first-order valence-corrected chi connectivity index (χ1v) is 10.6. The minimum atomic E-state index is 0.835. The van der Waals surface area contributed by atoms with E-state index in [-0.39, 0.29) is 0 Å². The summed E-state index contributed by atoms with van der Waals surface area (Å²) in [6.45, 7) is 5.76. The third kappa shape index (κ3) is 3.89. The van der Waals surface area contributed by atoms with Crippen LogP contribution in [0.4, 0.5) is 11.6 Å². The highest BCUT2D eigenvalue weighted by molar-refractivity contribution is 5.83. The van der Waals surface area contributed by atoms with Gasteiger partial charge in [-0.3, -0.25) is 0 Å². The number of piperazine rings is 1. The standard InChI is InChI=1S/C25H25N5O/c1-18-17-25(26-23-6-4-3-5-21(18)23)30-15-13-29(14-16-30)24-12-11-22(27-28-24)19-7-9-20(31-2)10-8-19/h3-12,17H,13-16H2,1-2H3. The predicted octanol–water partition coefficient (Wildman–Crippen LogP) is 4.34. The van der Waals surface area contributed by atoms with E-state index in [0.717, 1.165) is 60.3 Å². The number of aromatic nitrogens is 3. The van der Waals surface area contributed by atoms with Crippen LogP contribution >= 0.6 is 0 Å². The average molecular weight is 412 g/mol. The van der Waals surface area contributed by atoms with Gasteiger partial charge in [-0.1, -0.05) is 18.2 Å². The van der Waals surface area contributed by atoms with Crippen molar-refractivity contribution in [3.05, 3.63) is 72.3 Å². The molecule has 0 aliphatic carbocycles. The van der Waals surface area contributed by atoms with E-state index in [4.69, 9.17) is 9.72 Å².